The highest BCUT2D eigenvalue weighted by molar-refractivity contribution is 5.69. The first-order chi connectivity index (χ1) is 16.3. The molecule has 34 heavy (non-hydrogen) atoms. The van der Waals surface area contributed by atoms with Crippen LogP contribution >= 0.6 is 0 Å². The molecule has 1 aromatic heterocycles. The highest BCUT2D eigenvalue weighted by atomic mass is 19.4. The summed E-state index contributed by atoms with van der Waals surface area (Å²) >= 11 is 0. The number of nitrogens with zero attached hydrogens (tertiary/aromatic N) is 2. The summed E-state index contributed by atoms with van der Waals surface area (Å²) in [5.41, 5.74) is 0.293. The number of hydrogen-bond acceptors (Lipinski definition) is 5. The van der Waals surface area contributed by atoms with E-state index >= 15 is 0 Å². The van der Waals surface area contributed by atoms with Crippen LogP contribution in [-0.4, -0.2) is 35.7 Å². The van der Waals surface area contributed by atoms with E-state index in [2.05, 4.69) is 16.9 Å². The third-order valence-electron chi connectivity index (χ3n) is 5.62. The predicted molar refractivity (Wildman–Crippen MR) is 119 cm³/mol. The molecule has 6 nitrogen and oxygen atoms in total. The van der Waals surface area contributed by atoms with Gasteiger partial charge in [0.2, 0.25) is 0 Å². The second kappa shape index (κ2) is 9.23. The van der Waals surface area contributed by atoms with E-state index in [1.807, 2.05) is 0 Å². The Balaban J connectivity index is 2.03. The molecule has 1 aliphatic rings. The van der Waals surface area contributed by atoms with Crippen molar-refractivity contribution in [1.29, 1.82) is 0 Å². The average Bonchev–Trinajstić information content (AvgIpc) is 3.32. The minimum absolute atomic E-state index is 0.218. The zero-order chi connectivity index (χ0) is 24.5. The van der Waals surface area contributed by atoms with Gasteiger partial charge >= 0.3 is 6.18 Å². The number of fused-ring (bicyclic) bond motifs is 1. The van der Waals surface area contributed by atoms with Gasteiger partial charge in [-0.15, -0.1) is 0 Å². The molecular weight excluding hydrogens is 449 g/mol. The molecule has 2 aromatic carbocycles. The second-order valence-electron chi connectivity index (χ2n) is 7.67. The molecule has 1 aliphatic carbocycles. The van der Waals surface area contributed by atoms with E-state index in [0.29, 0.717) is 53.1 Å². The molecule has 0 atom stereocenters. The first-order valence-corrected chi connectivity index (χ1v) is 10.5. The van der Waals surface area contributed by atoms with Crippen LogP contribution in [0, 0.1) is 11.8 Å². The van der Waals surface area contributed by atoms with Gasteiger partial charge in [0.1, 0.15) is 18.1 Å². The minimum atomic E-state index is -4.72. The fourth-order valence-corrected chi connectivity index (χ4v) is 4.08. The maximum absolute atomic E-state index is 13.9. The van der Waals surface area contributed by atoms with Crippen LogP contribution < -0.4 is 15.0 Å². The van der Waals surface area contributed by atoms with Crippen molar-refractivity contribution in [3.05, 3.63) is 69.0 Å². The molecule has 4 rings (SSSR count). The SMILES string of the molecule is COc1cc(OC)cc(-c2nn(-c3cc(C#CCO)ccc3C(F)(F)F)c(=O)c3c2CCC3)c1. The molecule has 0 radical (unpaired) electrons. The van der Waals surface area contributed by atoms with E-state index in [4.69, 9.17) is 14.6 Å². The summed E-state index contributed by atoms with van der Waals surface area (Å²) in [4.78, 5) is 13.3. The van der Waals surface area contributed by atoms with Crippen LogP contribution in [0.5, 0.6) is 11.5 Å². The number of rotatable bonds is 4. The van der Waals surface area contributed by atoms with E-state index in [1.165, 1.54) is 20.3 Å². The Bertz CT molecular complexity index is 1350. The molecule has 176 valence electrons. The van der Waals surface area contributed by atoms with Gasteiger partial charge in [0.25, 0.3) is 5.56 Å². The lowest BCUT2D eigenvalue weighted by Gasteiger charge is -2.17. The van der Waals surface area contributed by atoms with Crippen LogP contribution in [0.15, 0.2) is 41.2 Å². The Morgan fingerprint density at radius 2 is 1.74 bits per heavy atom. The second-order valence-corrected chi connectivity index (χ2v) is 7.67. The van der Waals surface area contributed by atoms with Gasteiger partial charge in [-0.3, -0.25) is 4.79 Å². The summed E-state index contributed by atoms with van der Waals surface area (Å²) in [5, 5.41) is 13.4. The van der Waals surface area contributed by atoms with Crippen molar-refractivity contribution in [2.45, 2.75) is 25.4 Å². The fourth-order valence-electron chi connectivity index (χ4n) is 4.08. The van der Waals surface area contributed by atoms with E-state index in [0.717, 1.165) is 16.8 Å². The Morgan fingerprint density at radius 1 is 1.06 bits per heavy atom. The fraction of sp³-hybridized carbons (Fsp3) is 0.280. The summed E-state index contributed by atoms with van der Waals surface area (Å²) in [6.45, 7) is -0.449. The molecule has 0 spiro atoms. The molecule has 1 N–H and O–H groups in total. The molecule has 3 aromatic rings. The Hall–Kier alpha value is -3.77. The van der Waals surface area contributed by atoms with Crippen molar-refractivity contribution in [2.24, 2.45) is 0 Å². The van der Waals surface area contributed by atoms with Gasteiger partial charge in [0.05, 0.1) is 31.2 Å². The highest BCUT2D eigenvalue weighted by Gasteiger charge is 2.35. The van der Waals surface area contributed by atoms with Crippen LogP contribution in [0.4, 0.5) is 13.2 Å². The summed E-state index contributed by atoms with van der Waals surface area (Å²) in [5.74, 6) is 5.97. The number of aromatic nitrogens is 2. The van der Waals surface area contributed by atoms with E-state index in [9.17, 15) is 18.0 Å². The van der Waals surface area contributed by atoms with Crippen molar-refractivity contribution in [1.82, 2.24) is 9.78 Å². The summed E-state index contributed by atoms with van der Waals surface area (Å²) in [6.07, 6.45) is -3.01. The van der Waals surface area contributed by atoms with Gasteiger partial charge in [-0.2, -0.15) is 23.0 Å². The van der Waals surface area contributed by atoms with Gasteiger partial charge < -0.3 is 14.6 Å². The van der Waals surface area contributed by atoms with Crippen molar-refractivity contribution in [3.63, 3.8) is 0 Å². The maximum atomic E-state index is 13.9. The van der Waals surface area contributed by atoms with Crippen molar-refractivity contribution in [3.8, 4) is 40.3 Å². The monoisotopic (exact) mass is 470 g/mol. The number of benzene rings is 2. The first-order valence-electron chi connectivity index (χ1n) is 10.5. The smallest absolute Gasteiger partial charge is 0.418 e. The number of halogens is 3. The normalized spacial score (nSPS) is 12.6. The maximum Gasteiger partial charge on any atom is 0.418 e. The molecule has 0 fully saturated rings. The molecule has 0 bridgehead atoms. The summed E-state index contributed by atoms with van der Waals surface area (Å²) in [6, 6.07) is 8.30. The van der Waals surface area contributed by atoms with Crippen molar-refractivity contribution >= 4 is 0 Å². The number of aliphatic hydroxyl groups is 1. The zero-order valence-corrected chi connectivity index (χ0v) is 18.5. The molecule has 0 unspecified atom stereocenters. The first kappa shape index (κ1) is 23.4. The molecule has 0 saturated heterocycles. The lowest BCUT2D eigenvalue weighted by Crippen LogP contribution is -2.28. The number of alkyl halides is 3. The van der Waals surface area contributed by atoms with Gasteiger partial charge in [-0.25, -0.2) is 0 Å². The summed E-state index contributed by atoms with van der Waals surface area (Å²) in [7, 11) is 2.98. The zero-order valence-electron chi connectivity index (χ0n) is 18.5. The van der Waals surface area contributed by atoms with Gasteiger partial charge in [0.15, 0.2) is 0 Å². The quantitative estimate of drug-likeness (QED) is 0.588. The molecule has 0 amide bonds. The average molecular weight is 470 g/mol. The van der Waals surface area contributed by atoms with Gasteiger partial charge in [0, 0.05) is 22.8 Å². The largest absolute Gasteiger partial charge is 0.497 e. The number of ether oxygens (including phenoxy) is 2. The lowest BCUT2D eigenvalue weighted by atomic mass is 10.0. The number of aliphatic hydroxyl groups excluding tert-OH is 1. The summed E-state index contributed by atoms with van der Waals surface area (Å²) < 4.78 is 53.1. The number of methoxy groups -OCH3 is 2. The van der Waals surface area contributed by atoms with Crippen LogP contribution in [0.3, 0.4) is 0 Å². The molecule has 9 heteroatoms. The third kappa shape index (κ3) is 4.37. The topological polar surface area (TPSA) is 73.6 Å². The van der Waals surface area contributed by atoms with Gasteiger partial charge in [-0.1, -0.05) is 11.8 Å². The van der Waals surface area contributed by atoms with Crippen LogP contribution in [0.1, 0.15) is 28.7 Å². The Labute approximate surface area is 193 Å². The predicted octanol–water partition coefficient (Wildman–Crippen LogP) is 3.77. The van der Waals surface area contributed by atoms with Crippen LogP contribution in [0.2, 0.25) is 0 Å². The molecule has 1 heterocycles. The minimum Gasteiger partial charge on any atom is -0.497 e. The van der Waals surface area contributed by atoms with Crippen LogP contribution in [-0.2, 0) is 19.0 Å². The Kier molecular flexibility index (Phi) is 6.35. The van der Waals surface area contributed by atoms with E-state index < -0.39 is 29.6 Å². The van der Waals surface area contributed by atoms with Gasteiger partial charge in [-0.05, 0) is 55.2 Å². The molecular formula is C25H21F3N2O4. The van der Waals surface area contributed by atoms with E-state index in [1.54, 1.807) is 18.2 Å². The third-order valence-corrected chi connectivity index (χ3v) is 5.62. The molecule has 0 saturated carbocycles. The number of hydrogen-bond donors (Lipinski definition) is 1. The highest BCUT2D eigenvalue weighted by Crippen LogP contribution is 2.36. The molecule has 0 aliphatic heterocycles. The van der Waals surface area contributed by atoms with Crippen LogP contribution in [0.25, 0.3) is 16.9 Å². The Morgan fingerprint density at radius 3 is 2.35 bits per heavy atom. The van der Waals surface area contributed by atoms with E-state index in [-0.39, 0.29) is 5.56 Å². The standard InChI is InChI=1S/C25H21F3N2O4/c1-33-17-12-16(13-18(14-17)34-2)23-19-6-3-7-20(19)24(32)30(29-23)22-11-15(5-4-10-31)8-9-21(22)25(26,27)28/h8-9,11-14,31H,3,6-7,10H2,1-2H3. The van der Waals surface area contributed by atoms with Crippen molar-refractivity contribution < 1.29 is 27.8 Å². The lowest BCUT2D eigenvalue weighted by molar-refractivity contribution is -0.137. The van der Waals surface area contributed by atoms with Crippen molar-refractivity contribution in [2.75, 3.05) is 20.8 Å².